The van der Waals surface area contributed by atoms with Gasteiger partial charge in [0.1, 0.15) is 14.3 Å². The molecule has 4 heteroatoms. The predicted molar refractivity (Wildman–Crippen MR) is 57.1 cm³/mol. The fraction of sp³-hybridized carbons (Fsp3) is 0.667. The Morgan fingerprint density at radius 3 is 2.46 bits per heavy atom. The van der Waals surface area contributed by atoms with Gasteiger partial charge in [0.2, 0.25) is 0 Å². The van der Waals surface area contributed by atoms with Crippen molar-refractivity contribution in [3.63, 3.8) is 0 Å². The number of esters is 1. The summed E-state index contributed by atoms with van der Waals surface area (Å²) in [6.45, 7) is 10.0. The highest BCUT2D eigenvalue weighted by Crippen LogP contribution is 2.03. The van der Waals surface area contributed by atoms with Crippen LogP contribution in [0.5, 0.6) is 0 Å². The second-order valence-corrected chi connectivity index (χ2v) is 8.78. The minimum Gasteiger partial charge on any atom is -0.468 e. The Kier molecular flexibility index (Phi) is 4.94. The van der Waals surface area contributed by atoms with E-state index in [1.807, 2.05) is 0 Å². The van der Waals surface area contributed by atoms with Gasteiger partial charge in [-0.1, -0.05) is 25.7 Å². The van der Waals surface area contributed by atoms with Crippen LogP contribution in [0.3, 0.4) is 0 Å². The lowest BCUT2D eigenvalue weighted by Gasteiger charge is -2.24. The SMILES string of the molecule is C=CCC(N[Si](C)(C)C)C(=O)OC. The summed E-state index contributed by atoms with van der Waals surface area (Å²) in [5.41, 5.74) is 0. The predicted octanol–water partition coefficient (Wildman–Crippen LogP) is 1.53. The molecule has 1 N–H and O–H groups in total. The number of hydrogen-bond donors (Lipinski definition) is 1. The Morgan fingerprint density at radius 1 is 1.62 bits per heavy atom. The van der Waals surface area contributed by atoms with Gasteiger partial charge in [-0.05, 0) is 6.42 Å². The topological polar surface area (TPSA) is 38.3 Å². The molecule has 0 aromatic carbocycles. The van der Waals surface area contributed by atoms with E-state index >= 15 is 0 Å². The van der Waals surface area contributed by atoms with Crippen LogP contribution in [0.4, 0.5) is 0 Å². The summed E-state index contributed by atoms with van der Waals surface area (Å²) in [7, 11) is -0.0281. The third-order valence-corrected chi connectivity index (χ3v) is 2.71. The van der Waals surface area contributed by atoms with E-state index in [-0.39, 0.29) is 12.0 Å². The number of rotatable bonds is 5. The molecule has 1 unspecified atom stereocenters. The standard InChI is InChI=1S/C9H19NO2Si/c1-6-7-8(9(11)12-2)10-13(3,4)5/h6,8,10H,1,7H2,2-5H3. The maximum absolute atomic E-state index is 11.3. The minimum absolute atomic E-state index is 0.206. The molecule has 76 valence electrons. The summed E-state index contributed by atoms with van der Waals surface area (Å²) in [6, 6.07) is -0.228. The maximum atomic E-state index is 11.3. The summed E-state index contributed by atoms with van der Waals surface area (Å²) in [4.78, 5) is 14.6. The molecule has 0 heterocycles. The molecule has 0 spiro atoms. The van der Waals surface area contributed by atoms with Crippen molar-refractivity contribution in [2.75, 3.05) is 7.11 Å². The third-order valence-electron chi connectivity index (χ3n) is 1.50. The molecule has 0 rings (SSSR count). The average molecular weight is 201 g/mol. The summed E-state index contributed by atoms with van der Waals surface area (Å²) >= 11 is 0. The maximum Gasteiger partial charge on any atom is 0.322 e. The molecular formula is C9H19NO2Si. The van der Waals surface area contributed by atoms with Crippen LogP contribution in [-0.4, -0.2) is 27.4 Å². The van der Waals surface area contributed by atoms with Crippen molar-refractivity contribution < 1.29 is 9.53 Å². The van der Waals surface area contributed by atoms with E-state index in [2.05, 4.69) is 35.9 Å². The van der Waals surface area contributed by atoms with Crippen LogP contribution in [0.1, 0.15) is 6.42 Å². The van der Waals surface area contributed by atoms with Crippen molar-refractivity contribution in [3.8, 4) is 0 Å². The first-order valence-electron chi connectivity index (χ1n) is 4.37. The summed E-state index contributed by atoms with van der Waals surface area (Å²) in [5, 5.41) is 0. The Labute approximate surface area is 81.3 Å². The smallest absolute Gasteiger partial charge is 0.322 e. The molecule has 0 aliphatic carbocycles. The van der Waals surface area contributed by atoms with E-state index in [0.717, 1.165) is 0 Å². The van der Waals surface area contributed by atoms with Crippen molar-refractivity contribution in [3.05, 3.63) is 12.7 Å². The van der Waals surface area contributed by atoms with Gasteiger partial charge in [0.15, 0.2) is 0 Å². The number of methoxy groups -OCH3 is 1. The van der Waals surface area contributed by atoms with Crippen molar-refractivity contribution in [2.45, 2.75) is 32.1 Å². The van der Waals surface area contributed by atoms with Gasteiger partial charge in [-0.2, -0.15) is 0 Å². The van der Waals surface area contributed by atoms with Crippen LogP contribution in [0.25, 0.3) is 0 Å². The van der Waals surface area contributed by atoms with Crippen molar-refractivity contribution in [1.29, 1.82) is 0 Å². The zero-order valence-electron chi connectivity index (χ0n) is 8.89. The van der Waals surface area contributed by atoms with Gasteiger partial charge < -0.3 is 9.72 Å². The molecule has 0 saturated heterocycles. The van der Waals surface area contributed by atoms with Gasteiger partial charge in [0, 0.05) is 0 Å². The van der Waals surface area contributed by atoms with Gasteiger partial charge >= 0.3 is 5.97 Å². The Balaban J connectivity index is 4.25. The largest absolute Gasteiger partial charge is 0.468 e. The fourth-order valence-electron chi connectivity index (χ4n) is 1.05. The molecule has 3 nitrogen and oxygen atoms in total. The molecule has 1 atom stereocenters. The van der Waals surface area contributed by atoms with Crippen LogP contribution in [0, 0.1) is 0 Å². The number of nitrogens with one attached hydrogen (secondary N) is 1. The molecule has 0 saturated carbocycles. The molecular weight excluding hydrogens is 182 g/mol. The number of carbonyl (C=O) groups is 1. The van der Waals surface area contributed by atoms with Gasteiger partial charge in [-0.3, -0.25) is 4.79 Å². The second-order valence-electron chi connectivity index (χ2n) is 3.99. The molecule has 0 aliphatic heterocycles. The normalized spacial score (nSPS) is 13.5. The minimum atomic E-state index is -1.44. The molecule has 0 fully saturated rings. The Hall–Kier alpha value is -0.613. The van der Waals surface area contributed by atoms with Gasteiger partial charge in [-0.25, -0.2) is 0 Å². The molecule has 0 radical (unpaired) electrons. The van der Waals surface area contributed by atoms with Crippen LogP contribution in [0.15, 0.2) is 12.7 Å². The Morgan fingerprint density at radius 2 is 2.15 bits per heavy atom. The van der Waals surface area contributed by atoms with Crippen LogP contribution in [-0.2, 0) is 9.53 Å². The van der Waals surface area contributed by atoms with Crippen molar-refractivity contribution >= 4 is 14.2 Å². The van der Waals surface area contributed by atoms with Gasteiger partial charge in [0.25, 0.3) is 0 Å². The quantitative estimate of drug-likeness (QED) is 0.416. The average Bonchev–Trinajstić information content (AvgIpc) is 2.00. The molecule has 13 heavy (non-hydrogen) atoms. The van der Waals surface area contributed by atoms with Gasteiger partial charge in [-0.15, -0.1) is 6.58 Å². The highest BCUT2D eigenvalue weighted by atomic mass is 28.3. The van der Waals surface area contributed by atoms with Crippen LogP contribution >= 0.6 is 0 Å². The molecule has 0 aromatic rings. The van der Waals surface area contributed by atoms with E-state index in [0.29, 0.717) is 6.42 Å². The zero-order valence-corrected chi connectivity index (χ0v) is 9.89. The lowest BCUT2D eigenvalue weighted by Crippen LogP contribution is -2.51. The van der Waals surface area contributed by atoms with Crippen molar-refractivity contribution in [1.82, 2.24) is 4.98 Å². The first kappa shape index (κ1) is 12.4. The molecule has 0 aromatic heterocycles. The number of ether oxygens (including phenoxy) is 1. The van der Waals surface area contributed by atoms with Crippen LogP contribution in [0.2, 0.25) is 19.6 Å². The van der Waals surface area contributed by atoms with E-state index in [1.54, 1.807) is 6.08 Å². The highest BCUT2D eigenvalue weighted by Gasteiger charge is 2.24. The first-order chi connectivity index (χ1) is 5.90. The molecule has 0 amide bonds. The van der Waals surface area contributed by atoms with E-state index in [4.69, 9.17) is 0 Å². The van der Waals surface area contributed by atoms with E-state index < -0.39 is 8.24 Å². The van der Waals surface area contributed by atoms with Gasteiger partial charge in [0.05, 0.1) is 7.11 Å². The monoisotopic (exact) mass is 201 g/mol. The van der Waals surface area contributed by atoms with Crippen LogP contribution < -0.4 is 4.98 Å². The fourth-order valence-corrected chi connectivity index (χ4v) is 2.33. The van der Waals surface area contributed by atoms with Crippen molar-refractivity contribution in [2.24, 2.45) is 0 Å². The summed E-state index contributed by atoms with van der Waals surface area (Å²) in [6.07, 6.45) is 2.35. The van der Waals surface area contributed by atoms with E-state index in [1.165, 1.54) is 7.11 Å². The zero-order chi connectivity index (χ0) is 10.5. The van der Waals surface area contributed by atoms with E-state index in [9.17, 15) is 4.79 Å². The number of carbonyl (C=O) groups excluding carboxylic acids is 1. The Bertz CT molecular complexity index is 187. The summed E-state index contributed by atoms with van der Waals surface area (Å²) < 4.78 is 4.68. The number of hydrogen-bond acceptors (Lipinski definition) is 3. The highest BCUT2D eigenvalue weighted by molar-refractivity contribution is 6.73. The summed E-state index contributed by atoms with van der Waals surface area (Å²) in [5.74, 6) is -0.206. The lowest BCUT2D eigenvalue weighted by molar-refractivity contribution is -0.142. The first-order valence-corrected chi connectivity index (χ1v) is 7.87. The third kappa shape index (κ3) is 5.60. The lowest BCUT2D eigenvalue weighted by atomic mass is 10.2. The molecule has 0 bridgehead atoms. The second kappa shape index (κ2) is 5.19. The molecule has 0 aliphatic rings.